The van der Waals surface area contributed by atoms with Crippen LogP contribution in [0.1, 0.15) is 52.4 Å². The molecule has 1 atom stereocenters. The normalized spacial score (nSPS) is 20.5. The summed E-state index contributed by atoms with van der Waals surface area (Å²) in [6, 6.07) is 0.774. The minimum absolute atomic E-state index is 0.774. The van der Waals surface area contributed by atoms with Crippen LogP contribution >= 0.6 is 0 Å². The van der Waals surface area contributed by atoms with E-state index in [1.54, 1.807) is 0 Å². The zero-order chi connectivity index (χ0) is 8.81. The topological polar surface area (TPSA) is 12.0 Å². The van der Waals surface area contributed by atoms with E-state index in [0.717, 1.165) is 12.0 Å². The fourth-order valence-electron chi connectivity index (χ4n) is 1.81. The molecular weight excluding hydrogens is 146 g/mol. The Hall–Kier alpha value is -0.0400. The first kappa shape index (κ1) is 10.0. The van der Waals surface area contributed by atoms with Gasteiger partial charge in [0.2, 0.25) is 0 Å². The molecule has 0 aromatic heterocycles. The van der Waals surface area contributed by atoms with Gasteiger partial charge in [-0.05, 0) is 38.6 Å². The molecule has 1 rings (SSSR count). The Morgan fingerprint density at radius 1 is 1.33 bits per heavy atom. The van der Waals surface area contributed by atoms with E-state index in [4.69, 9.17) is 0 Å². The van der Waals surface area contributed by atoms with E-state index in [0.29, 0.717) is 0 Å². The van der Waals surface area contributed by atoms with Gasteiger partial charge in [0.25, 0.3) is 0 Å². The lowest BCUT2D eigenvalue weighted by atomic mass is 9.80. The number of hydrogen-bond donors (Lipinski definition) is 1. The Labute approximate surface area is 76.9 Å². The third-order valence-electron chi connectivity index (χ3n) is 3.10. The molecule has 0 saturated heterocycles. The first-order chi connectivity index (χ1) is 5.84. The van der Waals surface area contributed by atoms with Gasteiger partial charge in [-0.2, -0.15) is 0 Å². The second-order valence-electron chi connectivity index (χ2n) is 4.14. The van der Waals surface area contributed by atoms with Crippen LogP contribution in [0.4, 0.5) is 0 Å². The van der Waals surface area contributed by atoms with E-state index in [1.165, 1.54) is 45.1 Å². The minimum atomic E-state index is 0.774. The summed E-state index contributed by atoms with van der Waals surface area (Å²) in [7, 11) is 0. The van der Waals surface area contributed by atoms with E-state index in [2.05, 4.69) is 19.2 Å². The first-order valence-corrected chi connectivity index (χ1v) is 5.58. The van der Waals surface area contributed by atoms with Crippen molar-refractivity contribution in [2.45, 2.75) is 58.4 Å². The second-order valence-corrected chi connectivity index (χ2v) is 4.14. The summed E-state index contributed by atoms with van der Waals surface area (Å²) in [6.07, 6.45) is 8.45. The van der Waals surface area contributed by atoms with Crippen LogP contribution in [-0.4, -0.2) is 12.6 Å². The lowest BCUT2D eigenvalue weighted by Crippen LogP contribution is -2.37. The summed E-state index contributed by atoms with van der Waals surface area (Å²) in [5.41, 5.74) is 0. The number of nitrogens with one attached hydrogen (secondary N) is 1. The van der Waals surface area contributed by atoms with Crippen molar-refractivity contribution >= 4 is 0 Å². The molecule has 1 nitrogen and oxygen atoms in total. The summed E-state index contributed by atoms with van der Waals surface area (Å²) in [4.78, 5) is 0. The molecule has 1 fully saturated rings. The standard InChI is InChI=1S/C11H23N/c1-3-4-5-9-12-10(2)11-7-6-8-11/h10-12H,3-9H2,1-2H3. The molecule has 1 N–H and O–H groups in total. The fraction of sp³-hybridized carbons (Fsp3) is 1.00. The highest BCUT2D eigenvalue weighted by atomic mass is 14.9. The van der Waals surface area contributed by atoms with Gasteiger partial charge in [0.15, 0.2) is 0 Å². The molecule has 0 bridgehead atoms. The van der Waals surface area contributed by atoms with Gasteiger partial charge in [-0.25, -0.2) is 0 Å². The zero-order valence-electron chi connectivity index (χ0n) is 8.60. The molecule has 12 heavy (non-hydrogen) atoms. The van der Waals surface area contributed by atoms with Crippen molar-refractivity contribution in [1.29, 1.82) is 0 Å². The zero-order valence-corrected chi connectivity index (χ0v) is 8.60. The van der Waals surface area contributed by atoms with Crippen molar-refractivity contribution in [3.05, 3.63) is 0 Å². The molecule has 0 aromatic carbocycles. The van der Waals surface area contributed by atoms with Crippen molar-refractivity contribution in [2.75, 3.05) is 6.54 Å². The molecule has 1 heteroatoms. The second kappa shape index (κ2) is 5.58. The average Bonchev–Trinajstić information content (AvgIpc) is 1.95. The van der Waals surface area contributed by atoms with Gasteiger partial charge in [-0.1, -0.05) is 26.2 Å². The van der Waals surface area contributed by atoms with Crippen molar-refractivity contribution in [1.82, 2.24) is 5.32 Å². The van der Waals surface area contributed by atoms with Crippen LogP contribution in [0.25, 0.3) is 0 Å². The Kier molecular flexibility index (Phi) is 4.67. The molecular formula is C11H23N. The quantitative estimate of drug-likeness (QED) is 0.603. The number of rotatable bonds is 6. The number of unbranched alkanes of at least 4 members (excludes halogenated alkanes) is 2. The lowest BCUT2D eigenvalue weighted by Gasteiger charge is -2.32. The van der Waals surface area contributed by atoms with Crippen LogP contribution in [0.15, 0.2) is 0 Å². The van der Waals surface area contributed by atoms with Crippen molar-refractivity contribution in [2.24, 2.45) is 5.92 Å². The molecule has 0 aliphatic heterocycles. The Morgan fingerprint density at radius 3 is 2.58 bits per heavy atom. The summed E-state index contributed by atoms with van der Waals surface area (Å²) >= 11 is 0. The fourth-order valence-corrected chi connectivity index (χ4v) is 1.81. The predicted molar refractivity (Wildman–Crippen MR) is 54.3 cm³/mol. The summed E-state index contributed by atoms with van der Waals surface area (Å²) < 4.78 is 0. The van der Waals surface area contributed by atoms with Crippen molar-refractivity contribution < 1.29 is 0 Å². The maximum Gasteiger partial charge on any atom is 0.00669 e. The van der Waals surface area contributed by atoms with E-state index < -0.39 is 0 Å². The summed E-state index contributed by atoms with van der Waals surface area (Å²) in [5.74, 6) is 0.992. The highest BCUT2D eigenvalue weighted by Crippen LogP contribution is 2.29. The molecule has 0 radical (unpaired) electrons. The van der Waals surface area contributed by atoms with Gasteiger partial charge in [-0.3, -0.25) is 0 Å². The van der Waals surface area contributed by atoms with Crippen molar-refractivity contribution in [3.8, 4) is 0 Å². The third-order valence-corrected chi connectivity index (χ3v) is 3.10. The van der Waals surface area contributed by atoms with Crippen molar-refractivity contribution in [3.63, 3.8) is 0 Å². The predicted octanol–water partition coefficient (Wildman–Crippen LogP) is 2.95. The van der Waals surface area contributed by atoms with Crippen LogP contribution in [-0.2, 0) is 0 Å². The Morgan fingerprint density at radius 2 is 2.08 bits per heavy atom. The van der Waals surface area contributed by atoms with Gasteiger partial charge >= 0.3 is 0 Å². The molecule has 0 amide bonds. The molecule has 0 heterocycles. The van der Waals surface area contributed by atoms with Crippen LogP contribution in [0.3, 0.4) is 0 Å². The van der Waals surface area contributed by atoms with Crippen LogP contribution in [0.2, 0.25) is 0 Å². The molecule has 0 spiro atoms. The van der Waals surface area contributed by atoms with Gasteiger partial charge in [0, 0.05) is 6.04 Å². The molecule has 1 unspecified atom stereocenters. The highest BCUT2D eigenvalue weighted by molar-refractivity contribution is 4.79. The van der Waals surface area contributed by atoms with Crippen LogP contribution in [0.5, 0.6) is 0 Å². The monoisotopic (exact) mass is 169 g/mol. The molecule has 0 aromatic rings. The summed E-state index contributed by atoms with van der Waals surface area (Å²) in [5, 5.41) is 3.62. The van der Waals surface area contributed by atoms with E-state index in [9.17, 15) is 0 Å². The highest BCUT2D eigenvalue weighted by Gasteiger charge is 2.22. The third kappa shape index (κ3) is 3.14. The SMILES string of the molecule is CCCCCNC(C)C1CCC1. The smallest absolute Gasteiger partial charge is 0.00669 e. The molecule has 72 valence electrons. The maximum absolute atomic E-state index is 3.62. The van der Waals surface area contributed by atoms with Crippen LogP contribution < -0.4 is 5.32 Å². The molecule has 1 saturated carbocycles. The summed E-state index contributed by atoms with van der Waals surface area (Å²) in [6.45, 7) is 5.83. The number of hydrogen-bond acceptors (Lipinski definition) is 1. The average molecular weight is 169 g/mol. The molecule has 1 aliphatic carbocycles. The van der Waals surface area contributed by atoms with Crippen LogP contribution in [0, 0.1) is 5.92 Å². The minimum Gasteiger partial charge on any atom is -0.314 e. The lowest BCUT2D eigenvalue weighted by molar-refractivity contribution is 0.240. The Bertz CT molecular complexity index is 108. The van der Waals surface area contributed by atoms with E-state index in [-0.39, 0.29) is 0 Å². The molecule has 1 aliphatic rings. The van der Waals surface area contributed by atoms with Gasteiger partial charge in [0.05, 0.1) is 0 Å². The maximum atomic E-state index is 3.62. The van der Waals surface area contributed by atoms with Gasteiger partial charge in [-0.15, -0.1) is 0 Å². The van der Waals surface area contributed by atoms with E-state index >= 15 is 0 Å². The van der Waals surface area contributed by atoms with Gasteiger partial charge < -0.3 is 5.32 Å². The van der Waals surface area contributed by atoms with Gasteiger partial charge in [0.1, 0.15) is 0 Å². The first-order valence-electron chi connectivity index (χ1n) is 5.58. The van der Waals surface area contributed by atoms with E-state index in [1.807, 2.05) is 0 Å². The largest absolute Gasteiger partial charge is 0.314 e. The Balaban J connectivity index is 1.91.